The molecule has 0 atom stereocenters. The molecule has 2 aromatic carbocycles. The zero-order valence-corrected chi connectivity index (χ0v) is 14.4. The molecule has 4 nitrogen and oxygen atoms in total. The molecule has 0 spiro atoms. The predicted octanol–water partition coefficient (Wildman–Crippen LogP) is 4.04. The van der Waals surface area contributed by atoms with E-state index < -0.39 is 5.82 Å². The molecule has 1 heterocycles. The number of aromatic nitrogens is 1. The normalized spacial score (nSPS) is 10.7. The highest BCUT2D eigenvalue weighted by molar-refractivity contribution is 9.10. The highest BCUT2D eigenvalue weighted by Crippen LogP contribution is 2.25. The first-order chi connectivity index (χ1) is 11.1. The van der Waals surface area contributed by atoms with Crippen LogP contribution in [0.4, 0.5) is 10.2 Å². The lowest BCUT2D eigenvalue weighted by Crippen LogP contribution is -2.28. The van der Waals surface area contributed by atoms with E-state index in [1.807, 2.05) is 24.3 Å². The van der Waals surface area contributed by atoms with Crippen LogP contribution in [-0.2, 0) is 0 Å². The van der Waals surface area contributed by atoms with Crippen LogP contribution in [0.3, 0.4) is 0 Å². The Labute approximate surface area is 145 Å². The zero-order valence-electron chi connectivity index (χ0n) is 12.0. The van der Waals surface area contributed by atoms with Crippen LogP contribution >= 0.6 is 27.5 Å². The van der Waals surface area contributed by atoms with Gasteiger partial charge in [-0.1, -0.05) is 12.1 Å². The average molecular weight is 394 g/mol. The van der Waals surface area contributed by atoms with E-state index in [4.69, 9.17) is 0 Å². The molecule has 118 valence electrons. The summed E-state index contributed by atoms with van der Waals surface area (Å²) < 4.78 is 18.9. The van der Waals surface area contributed by atoms with E-state index in [0.29, 0.717) is 18.7 Å². The molecule has 0 unspecified atom stereocenters. The van der Waals surface area contributed by atoms with Crippen molar-refractivity contribution >= 4 is 49.3 Å². The molecular formula is C16H13BrFN3OS. The fourth-order valence-electron chi connectivity index (χ4n) is 2.11. The van der Waals surface area contributed by atoms with Crippen molar-refractivity contribution in [2.24, 2.45) is 0 Å². The lowest BCUT2D eigenvalue weighted by atomic mass is 10.2. The molecule has 2 N–H and O–H groups in total. The SMILES string of the molecule is O=C(NCCNc1nsc2ccccc12)c1ccc(F)c(Br)c1. The summed E-state index contributed by atoms with van der Waals surface area (Å²) in [5.74, 6) is 0.193. The smallest absolute Gasteiger partial charge is 0.251 e. The van der Waals surface area contributed by atoms with Gasteiger partial charge in [-0.25, -0.2) is 4.39 Å². The van der Waals surface area contributed by atoms with Crippen LogP contribution in [0.25, 0.3) is 10.1 Å². The molecular weight excluding hydrogens is 381 g/mol. The Morgan fingerprint density at radius 2 is 2.04 bits per heavy atom. The van der Waals surface area contributed by atoms with Gasteiger partial charge in [0.2, 0.25) is 0 Å². The van der Waals surface area contributed by atoms with Gasteiger partial charge in [0.15, 0.2) is 0 Å². The summed E-state index contributed by atoms with van der Waals surface area (Å²) in [6, 6.07) is 12.2. The number of halogens is 2. The topological polar surface area (TPSA) is 54.0 Å². The van der Waals surface area contributed by atoms with Crippen molar-refractivity contribution in [2.45, 2.75) is 0 Å². The van der Waals surface area contributed by atoms with E-state index in [0.717, 1.165) is 15.9 Å². The first kappa shape index (κ1) is 15.9. The lowest BCUT2D eigenvalue weighted by molar-refractivity contribution is 0.0955. The maximum Gasteiger partial charge on any atom is 0.251 e. The maximum absolute atomic E-state index is 13.2. The number of benzene rings is 2. The molecule has 0 saturated carbocycles. The van der Waals surface area contributed by atoms with Gasteiger partial charge in [-0.05, 0) is 57.8 Å². The minimum Gasteiger partial charge on any atom is -0.367 e. The van der Waals surface area contributed by atoms with Gasteiger partial charge in [-0.3, -0.25) is 4.79 Å². The molecule has 0 aliphatic heterocycles. The van der Waals surface area contributed by atoms with E-state index >= 15 is 0 Å². The van der Waals surface area contributed by atoms with Crippen molar-refractivity contribution in [3.05, 3.63) is 58.3 Å². The van der Waals surface area contributed by atoms with Crippen LogP contribution in [-0.4, -0.2) is 23.4 Å². The number of hydrogen-bond acceptors (Lipinski definition) is 4. The van der Waals surface area contributed by atoms with Crippen molar-refractivity contribution in [3.63, 3.8) is 0 Å². The molecule has 0 fully saturated rings. The third-order valence-corrected chi connectivity index (χ3v) is 4.70. The first-order valence-corrected chi connectivity index (χ1v) is 8.53. The number of hydrogen-bond donors (Lipinski definition) is 2. The number of fused-ring (bicyclic) bond motifs is 1. The second-order valence-electron chi connectivity index (χ2n) is 4.84. The van der Waals surface area contributed by atoms with Crippen molar-refractivity contribution < 1.29 is 9.18 Å². The second-order valence-corrected chi connectivity index (χ2v) is 6.50. The number of nitrogens with one attached hydrogen (secondary N) is 2. The minimum atomic E-state index is -0.390. The molecule has 0 bridgehead atoms. The molecule has 0 saturated heterocycles. The minimum absolute atomic E-state index is 0.240. The standard InChI is InChI=1S/C16H13BrFN3OS/c17-12-9-10(5-6-13(12)18)16(22)20-8-7-19-15-11-3-1-2-4-14(11)23-21-15/h1-6,9H,7-8H2,(H,19,21)(H,20,22). The molecule has 7 heteroatoms. The predicted molar refractivity (Wildman–Crippen MR) is 94.5 cm³/mol. The number of nitrogens with zero attached hydrogens (tertiary/aromatic N) is 1. The van der Waals surface area contributed by atoms with E-state index in [-0.39, 0.29) is 10.4 Å². The zero-order chi connectivity index (χ0) is 16.2. The largest absolute Gasteiger partial charge is 0.367 e. The van der Waals surface area contributed by atoms with Gasteiger partial charge in [-0.15, -0.1) is 0 Å². The number of rotatable bonds is 5. The van der Waals surface area contributed by atoms with Crippen molar-refractivity contribution in [1.82, 2.24) is 9.69 Å². The highest BCUT2D eigenvalue weighted by atomic mass is 79.9. The van der Waals surface area contributed by atoms with Gasteiger partial charge in [0.05, 0.1) is 9.17 Å². The Morgan fingerprint density at radius 3 is 2.87 bits per heavy atom. The van der Waals surface area contributed by atoms with Gasteiger partial charge >= 0.3 is 0 Å². The molecule has 0 radical (unpaired) electrons. The van der Waals surface area contributed by atoms with Crippen LogP contribution < -0.4 is 10.6 Å². The van der Waals surface area contributed by atoms with Crippen LogP contribution in [0, 0.1) is 5.82 Å². The van der Waals surface area contributed by atoms with Crippen LogP contribution in [0.2, 0.25) is 0 Å². The van der Waals surface area contributed by atoms with E-state index in [1.54, 1.807) is 0 Å². The molecule has 3 aromatic rings. The Balaban J connectivity index is 1.53. The van der Waals surface area contributed by atoms with Gasteiger partial charge in [0, 0.05) is 24.0 Å². The fourth-order valence-corrected chi connectivity index (χ4v) is 3.24. The van der Waals surface area contributed by atoms with Crippen molar-refractivity contribution in [1.29, 1.82) is 0 Å². The second kappa shape index (κ2) is 7.06. The Morgan fingerprint density at radius 1 is 1.22 bits per heavy atom. The fraction of sp³-hybridized carbons (Fsp3) is 0.125. The molecule has 23 heavy (non-hydrogen) atoms. The Kier molecular flexibility index (Phi) is 4.88. The highest BCUT2D eigenvalue weighted by Gasteiger charge is 2.08. The van der Waals surface area contributed by atoms with Gasteiger partial charge in [0.1, 0.15) is 11.6 Å². The monoisotopic (exact) mass is 393 g/mol. The number of carbonyl (C=O) groups is 1. The number of anilines is 1. The summed E-state index contributed by atoms with van der Waals surface area (Å²) in [5.41, 5.74) is 0.414. The van der Waals surface area contributed by atoms with E-state index in [2.05, 4.69) is 30.9 Å². The quantitative estimate of drug-likeness (QED) is 0.643. The summed E-state index contributed by atoms with van der Waals surface area (Å²) in [4.78, 5) is 12.0. The summed E-state index contributed by atoms with van der Waals surface area (Å²) in [7, 11) is 0. The maximum atomic E-state index is 13.2. The molecule has 1 amide bonds. The van der Waals surface area contributed by atoms with Gasteiger partial charge in [-0.2, -0.15) is 4.37 Å². The van der Waals surface area contributed by atoms with Gasteiger partial charge in [0.25, 0.3) is 5.91 Å². The molecule has 1 aromatic heterocycles. The third kappa shape index (κ3) is 3.68. The average Bonchev–Trinajstić information content (AvgIpc) is 2.97. The Hall–Kier alpha value is -1.99. The Bertz CT molecular complexity index is 852. The van der Waals surface area contributed by atoms with Crippen molar-refractivity contribution in [3.8, 4) is 0 Å². The van der Waals surface area contributed by atoms with Crippen molar-refractivity contribution in [2.75, 3.05) is 18.4 Å². The molecule has 0 aliphatic rings. The molecule has 0 aliphatic carbocycles. The van der Waals surface area contributed by atoms with Crippen LogP contribution in [0.15, 0.2) is 46.9 Å². The lowest BCUT2D eigenvalue weighted by Gasteiger charge is -2.07. The van der Waals surface area contributed by atoms with Crippen LogP contribution in [0.1, 0.15) is 10.4 Å². The summed E-state index contributed by atoms with van der Waals surface area (Å²) in [6.07, 6.45) is 0. The van der Waals surface area contributed by atoms with E-state index in [9.17, 15) is 9.18 Å². The number of amides is 1. The summed E-state index contributed by atoms with van der Waals surface area (Å²) in [5, 5.41) is 7.07. The molecule has 3 rings (SSSR count). The van der Waals surface area contributed by atoms with Crippen LogP contribution in [0.5, 0.6) is 0 Å². The van der Waals surface area contributed by atoms with Gasteiger partial charge < -0.3 is 10.6 Å². The third-order valence-electron chi connectivity index (χ3n) is 3.26. The first-order valence-electron chi connectivity index (χ1n) is 6.96. The van der Waals surface area contributed by atoms with E-state index in [1.165, 1.54) is 29.7 Å². The summed E-state index contributed by atoms with van der Waals surface area (Å²) >= 11 is 4.51. The number of carbonyl (C=O) groups excluding carboxylic acids is 1. The summed E-state index contributed by atoms with van der Waals surface area (Å²) in [6.45, 7) is 1.00.